The number of nitrogens with zero attached hydrogens (tertiary/aromatic N) is 5. The zero-order valence-electron chi connectivity index (χ0n) is 7.23. The SMILES string of the molecule is Cc1nn(C)cc1CCN=[N+]=[N-]. The van der Waals surface area contributed by atoms with Gasteiger partial charge in [0.05, 0.1) is 5.69 Å². The highest BCUT2D eigenvalue weighted by Gasteiger charge is 2.00. The van der Waals surface area contributed by atoms with Gasteiger partial charge in [-0.05, 0) is 24.4 Å². The van der Waals surface area contributed by atoms with Crippen LogP contribution < -0.4 is 0 Å². The molecule has 0 unspecified atom stereocenters. The molecule has 12 heavy (non-hydrogen) atoms. The van der Waals surface area contributed by atoms with E-state index >= 15 is 0 Å². The van der Waals surface area contributed by atoms with Crippen LogP contribution in [0.3, 0.4) is 0 Å². The molecule has 0 fully saturated rings. The molecule has 0 amide bonds. The zero-order chi connectivity index (χ0) is 8.97. The van der Waals surface area contributed by atoms with Crippen molar-refractivity contribution in [2.75, 3.05) is 6.54 Å². The molecule has 0 radical (unpaired) electrons. The Morgan fingerprint density at radius 3 is 3.00 bits per heavy atom. The second kappa shape index (κ2) is 3.78. The summed E-state index contributed by atoms with van der Waals surface area (Å²) in [5.74, 6) is 0. The Hall–Kier alpha value is -1.48. The van der Waals surface area contributed by atoms with Gasteiger partial charge in [-0.1, -0.05) is 5.11 Å². The molecule has 0 saturated carbocycles. The summed E-state index contributed by atoms with van der Waals surface area (Å²) in [7, 11) is 1.88. The van der Waals surface area contributed by atoms with Gasteiger partial charge < -0.3 is 0 Å². The molecule has 0 bridgehead atoms. The lowest BCUT2D eigenvalue weighted by molar-refractivity contribution is 0.756. The molecule has 1 aromatic rings. The highest BCUT2D eigenvalue weighted by Crippen LogP contribution is 2.05. The smallest absolute Gasteiger partial charge is 0.0625 e. The van der Waals surface area contributed by atoms with E-state index in [0.717, 1.165) is 17.7 Å². The minimum absolute atomic E-state index is 0.503. The lowest BCUT2D eigenvalue weighted by Crippen LogP contribution is -1.88. The standard InChI is InChI=1S/C7H11N5/c1-6-7(3-4-9-11-8)5-12(2)10-6/h5H,3-4H2,1-2H3. The molecular weight excluding hydrogens is 154 g/mol. The van der Waals surface area contributed by atoms with Crippen molar-refractivity contribution in [3.05, 3.63) is 27.9 Å². The molecule has 1 heterocycles. The molecule has 0 N–H and O–H groups in total. The summed E-state index contributed by atoms with van der Waals surface area (Å²) in [6.45, 7) is 2.45. The molecule has 5 nitrogen and oxygen atoms in total. The number of hydrogen-bond acceptors (Lipinski definition) is 2. The third kappa shape index (κ3) is 2.00. The molecule has 0 aromatic carbocycles. The van der Waals surface area contributed by atoms with E-state index in [1.807, 2.05) is 20.2 Å². The minimum Gasteiger partial charge on any atom is -0.275 e. The largest absolute Gasteiger partial charge is 0.275 e. The molecule has 0 aliphatic heterocycles. The lowest BCUT2D eigenvalue weighted by Gasteiger charge is -1.90. The van der Waals surface area contributed by atoms with Crippen LogP contribution >= 0.6 is 0 Å². The summed E-state index contributed by atoms with van der Waals surface area (Å²) in [4.78, 5) is 2.69. The highest BCUT2D eigenvalue weighted by atomic mass is 15.2. The average Bonchev–Trinajstić information content (AvgIpc) is 2.31. The van der Waals surface area contributed by atoms with Crippen LogP contribution in [-0.4, -0.2) is 16.3 Å². The van der Waals surface area contributed by atoms with E-state index in [0.29, 0.717) is 6.54 Å². The molecule has 1 rings (SSSR count). The van der Waals surface area contributed by atoms with Crippen LogP contribution in [0.25, 0.3) is 10.4 Å². The number of azide groups is 1. The van der Waals surface area contributed by atoms with Crippen molar-refractivity contribution in [2.45, 2.75) is 13.3 Å². The van der Waals surface area contributed by atoms with Crippen LogP contribution in [0.1, 0.15) is 11.3 Å². The Bertz CT molecular complexity index is 308. The molecule has 0 spiro atoms. The summed E-state index contributed by atoms with van der Waals surface area (Å²) in [5.41, 5.74) is 10.2. The molecular formula is C7H11N5. The average molecular weight is 165 g/mol. The van der Waals surface area contributed by atoms with E-state index in [-0.39, 0.29) is 0 Å². The first-order valence-electron chi connectivity index (χ1n) is 3.74. The minimum atomic E-state index is 0.503. The fraction of sp³-hybridized carbons (Fsp3) is 0.571. The molecule has 5 heteroatoms. The van der Waals surface area contributed by atoms with E-state index in [1.165, 1.54) is 0 Å². The Kier molecular flexibility index (Phi) is 2.71. The molecule has 0 atom stereocenters. The maximum absolute atomic E-state index is 8.06. The molecule has 1 aromatic heterocycles. The summed E-state index contributed by atoms with van der Waals surface area (Å²) in [5, 5.41) is 7.63. The maximum atomic E-state index is 8.06. The van der Waals surface area contributed by atoms with Crippen molar-refractivity contribution in [3.63, 3.8) is 0 Å². The summed E-state index contributed by atoms with van der Waals surface area (Å²) in [6, 6.07) is 0. The molecule has 0 aliphatic carbocycles. The van der Waals surface area contributed by atoms with Crippen molar-refractivity contribution in [1.82, 2.24) is 9.78 Å². The second-order valence-electron chi connectivity index (χ2n) is 2.62. The lowest BCUT2D eigenvalue weighted by atomic mass is 10.2. The van der Waals surface area contributed by atoms with E-state index < -0.39 is 0 Å². The van der Waals surface area contributed by atoms with E-state index in [4.69, 9.17) is 5.53 Å². The van der Waals surface area contributed by atoms with Crippen LogP contribution in [0.2, 0.25) is 0 Å². The van der Waals surface area contributed by atoms with Crippen molar-refractivity contribution in [2.24, 2.45) is 12.2 Å². The summed E-state index contributed by atoms with van der Waals surface area (Å²) in [6.07, 6.45) is 2.71. The van der Waals surface area contributed by atoms with Gasteiger partial charge in [0.1, 0.15) is 0 Å². The van der Waals surface area contributed by atoms with Crippen molar-refractivity contribution >= 4 is 0 Å². The highest BCUT2D eigenvalue weighted by molar-refractivity contribution is 5.15. The first-order chi connectivity index (χ1) is 5.74. The first-order valence-corrected chi connectivity index (χ1v) is 3.74. The predicted molar refractivity (Wildman–Crippen MR) is 45.7 cm³/mol. The third-order valence-corrected chi connectivity index (χ3v) is 1.66. The number of aryl methyl sites for hydroxylation is 2. The quantitative estimate of drug-likeness (QED) is 0.381. The van der Waals surface area contributed by atoms with Crippen LogP contribution in [0.4, 0.5) is 0 Å². The van der Waals surface area contributed by atoms with E-state index in [1.54, 1.807) is 4.68 Å². The van der Waals surface area contributed by atoms with Crippen molar-refractivity contribution < 1.29 is 0 Å². The zero-order valence-corrected chi connectivity index (χ0v) is 7.23. The molecule has 0 aliphatic rings. The normalized spacial score (nSPS) is 9.50. The van der Waals surface area contributed by atoms with Gasteiger partial charge in [0.15, 0.2) is 0 Å². The van der Waals surface area contributed by atoms with Gasteiger partial charge in [-0.2, -0.15) is 5.10 Å². The Balaban J connectivity index is 2.62. The van der Waals surface area contributed by atoms with Gasteiger partial charge in [-0.25, -0.2) is 0 Å². The third-order valence-electron chi connectivity index (χ3n) is 1.66. The maximum Gasteiger partial charge on any atom is 0.0625 e. The van der Waals surface area contributed by atoms with Gasteiger partial charge in [0.25, 0.3) is 0 Å². The van der Waals surface area contributed by atoms with Crippen LogP contribution in [-0.2, 0) is 13.5 Å². The van der Waals surface area contributed by atoms with Gasteiger partial charge in [0.2, 0.25) is 0 Å². The van der Waals surface area contributed by atoms with Crippen LogP contribution in [0.15, 0.2) is 11.3 Å². The van der Waals surface area contributed by atoms with Crippen molar-refractivity contribution in [1.29, 1.82) is 0 Å². The fourth-order valence-corrected chi connectivity index (χ4v) is 1.11. The second-order valence-corrected chi connectivity index (χ2v) is 2.62. The van der Waals surface area contributed by atoms with E-state index in [9.17, 15) is 0 Å². The molecule has 64 valence electrons. The first kappa shape index (κ1) is 8.62. The number of rotatable bonds is 3. The topological polar surface area (TPSA) is 66.6 Å². The van der Waals surface area contributed by atoms with Crippen LogP contribution in [0.5, 0.6) is 0 Å². The summed E-state index contributed by atoms with van der Waals surface area (Å²) >= 11 is 0. The van der Waals surface area contributed by atoms with Crippen LogP contribution in [0, 0.1) is 6.92 Å². The van der Waals surface area contributed by atoms with Gasteiger partial charge in [0, 0.05) is 24.7 Å². The predicted octanol–water partition coefficient (Wildman–Crippen LogP) is 1.58. The summed E-state index contributed by atoms with van der Waals surface area (Å²) < 4.78 is 1.76. The number of aromatic nitrogens is 2. The monoisotopic (exact) mass is 165 g/mol. The van der Waals surface area contributed by atoms with Crippen molar-refractivity contribution in [3.8, 4) is 0 Å². The van der Waals surface area contributed by atoms with Gasteiger partial charge >= 0.3 is 0 Å². The Morgan fingerprint density at radius 2 is 2.50 bits per heavy atom. The Labute approximate surface area is 70.6 Å². The van der Waals surface area contributed by atoms with E-state index in [2.05, 4.69) is 15.1 Å². The van der Waals surface area contributed by atoms with Gasteiger partial charge in [-0.3, -0.25) is 4.68 Å². The fourth-order valence-electron chi connectivity index (χ4n) is 1.11. The van der Waals surface area contributed by atoms with Gasteiger partial charge in [-0.15, -0.1) is 0 Å². The number of hydrogen-bond donors (Lipinski definition) is 0. The molecule has 0 saturated heterocycles. The Morgan fingerprint density at radius 1 is 1.75 bits per heavy atom.